The van der Waals surface area contributed by atoms with Crippen molar-refractivity contribution in [3.63, 3.8) is 0 Å². The van der Waals surface area contributed by atoms with Crippen LogP contribution in [0.25, 0.3) is 10.9 Å². The van der Waals surface area contributed by atoms with Crippen molar-refractivity contribution >= 4 is 22.7 Å². The van der Waals surface area contributed by atoms with Crippen LogP contribution < -0.4 is 4.90 Å². The third-order valence-corrected chi connectivity index (χ3v) is 4.57. The molecule has 0 spiro atoms. The fraction of sp³-hybridized carbons (Fsp3) is 0.474. The van der Waals surface area contributed by atoms with Crippen LogP contribution in [0.4, 0.5) is 10.5 Å². The van der Waals surface area contributed by atoms with Crippen LogP contribution in [0.2, 0.25) is 0 Å². The predicted octanol–water partition coefficient (Wildman–Crippen LogP) is 3.11. The van der Waals surface area contributed by atoms with E-state index in [1.54, 1.807) is 4.90 Å². The van der Waals surface area contributed by atoms with Gasteiger partial charge in [-0.2, -0.15) is 5.26 Å². The maximum absolute atomic E-state index is 12.1. The van der Waals surface area contributed by atoms with Gasteiger partial charge in [-0.15, -0.1) is 0 Å². The molecule has 1 saturated heterocycles. The predicted molar refractivity (Wildman–Crippen MR) is 97.6 cm³/mol. The summed E-state index contributed by atoms with van der Waals surface area (Å²) in [5.74, 6) is 0. The van der Waals surface area contributed by atoms with E-state index in [-0.39, 0.29) is 12.1 Å². The molecule has 0 aliphatic carbocycles. The van der Waals surface area contributed by atoms with Crippen LogP contribution in [-0.2, 0) is 11.8 Å². The topological polar surface area (TPSA) is 61.5 Å². The van der Waals surface area contributed by atoms with Crippen LogP contribution in [0.15, 0.2) is 24.4 Å². The van der Waals surface area contributed by atoms with Crippen LogP contribution >= 0.6 is 0 Å². The monoisotopic (exact) mass is 340 g/mol. The highest BCUT2D eigenvalue weighted by molar-refractivity contribution is 5.96. The Balaban J connectivity index is 1.76. The maximum atomic E-state index is 12.1. The second-order valence-electron chi connectivity index (χ2n) is 7.58. The first-order chi connectivity index (χ1) is 11.7. The Bertz CT molecular complexity index is 851. The molecule has 0 saturated carbocycles. The Hall–Kier alpha value is -2.68. The molecule has 2 aromatic rings. The molecule has 1 aliphatic heterocycles. The Morgan fingerprint density at radius 2 is 2.00 bits per heavy atom. The van der Waals surface area contributed by atoms with Gasteiger partial charge in [-0.05, 0) is 39.0 Å². The van der Waals surface area contributed by atoms with Crippen LogP contribution in [0.1, 0.15) is 26.3 Å². The number of hydrogen-bond acceptors (Lipinski definition) is 4. The molecular weight excluding hydrogens is 316 g/mol. The first kappa shape index (κ1) is 17.2. The number of aromatic nitrogens is 1. The third-order valence-electron chi connectivity index (χ3n) is 4.57. The number of likely N-dealkylation sites (N-methyl/N-ethyl adjacent to an activating group) is 1. The van der Waals surface area contributed by atoms with Crippen molar-refractivity contribution in [2.45, 2.75) is 32.4 Å². The standard InChI is InChI=1S/C19H24N4O2/c1-19(2,3)25-18(24)23-11-14(12-23)22(5)16-7-6-13(10-20)17-15(16)8-9-21(17)4/h6-9,14H,11-12H2,1-5H3. The van der Waals surface area contributed by atoms with Gasteiger partial charge in [-0.3, -0.25) is 0 Å². The fourth-order valence-corrected chi connectivity index (χ4v) is 3.17. The summed E-state index contributed by atoms with van der Waals surface area (Å²) in [7, 11) is 3.98. The molecule has 0 unspecified atom stereocenters. The molecule has 0 atom stereocenters. The summed E-state index contributed by atoms with van der Waals surface area (Å²) >= 11 is 0. The molecule has 0 bridgehead atoms. The fourth-order valence-electron chi connectivity index (χ4n) is 3.17. The molecule has 1 aromatic carbocycles. The molecule has 1 aliphatic rings. The lowest BCUT2D eigenvalue weighted by atomic mass is 10.0. The third kappa shape index (κ3) is 3.14. The number of carbonyl (C=O) groups excluding carboxylic acids is 1. The number of benzene rings is 1. The number of fused-ring (bicyclic) bond motifs is 1. The van der Waals surface area contributed by atoms with Gasteiger partial charge in [0.25, 0.3) is 0 Å². The van der Waals surface area contributed by atoms with Crippen LogP contribution in [-0.4, -0.2) is 47.3 Å². The normalized spacial score (nSPS) is 15.0. The molecule has 132 valence electrons. The molecule has 1 aromatic heterocycles. The molecule has 1 amide bonds. The molecule has 2 heterocycles. The van der Waals surface area contributed by atoms with E-state index in [9.17, 15) is 10.1 Å². The number of aryl methyl sites for hydroxylation is 1. The summed E-state index contributed by atoms with van der Waals surface area (Å²) in [5.41, 5.74) is 2.21. The second-order valence-corrected chi connectivity index (χ2v) is 7.58. The van der Waals surface area contributed by atoms with Gasteiger partial charge in [0.2, 0.25) is 0 Å². The minimum Gasteiger partial charge on any atom is -0.444 e. The number of ether oxygens (including phenoxy) is 1. The summed E-state index contributed by atoms with van der Waals surface area (Å²) in [6, 6.07) is 8.37. The zero-order chi connectivity index (χ0) is 18.4. The van der Waals surface area contributed by atoms with Crippen molar-refractivity contribution < 1.29 is 9.53 Å². The Kier molecular flexibility index (Phi) is 4.11. The zero-order valence-electron chi connectivity index (χ0n) is 15.4. The van der Waals surface area contributed by atoms with E-state index in [0.717, 1.165) is 16.6 Å². The van der Waals surface area contributed by atoms with E-state index in [4.69, 9.17) is 4.74 Å². The minimum atomic E-state index is -0.475. The number of likely N-dealkylation sites (tertiary alicyclic amines) is 1. The highest BCUT2D eigenvalue weighted by Gasteiger charge is 2.36. The number of nitriles is 1. The largest absolute Gasteiger partial charge is 0.444 e. The Morgan fingerprint density at radius 1 is 1.32 bits per heavy atom. The van der Waals surface area contributed by atoms with Crippen molar-refractivity contribution in [3.05, 3.63) is 30.0 Å². The average Bonchev–Trinajstić information content (AvgIpc) is 2.85. The van der Waals surface area contributed by atoms with E-state index in [0.29, 0.717) is 18.7 Å². The highest BCUT2D eigenvalue weighted by atomic mass is 16.6. The quantitative estimate of drug-likeness (QED) is 0.843. The highest BCUT2D eigenvalue weighted by Crippen LogP contribution is 2.32. The van der Waals surface area contributed by atoms with Crippen molar-refractivity contribution in [2.75, 3.05) is 25.0 Å². The summed E-state index contributed by atoms with van der Waals surface area (Å²) < 4.78 is 7.38. The number of amides is 1. The Morgan fingerprint density at radius 3 is 2.60 bits per heavy atom. The molecule has 6 nitrogen and oxygen atoms in total. The summed E-state index contributed by atoms with van der Waals surface area (Å²) in [4.78, 5) is 16.0. The SMILES string of the molecule is CN(c1ccc(C#N)c2c1ccn2C)C1CN(C(=O)OC(C)(C)C)C1. The number of rotatable bonds is 2. The van der Waals surface area contributed by atoms with Crippen LogP contribution in [0, 0.1) is 11.3 Å². The lowest BCUT2D eigenvalue weighted by Crippen LogP contribution is -2.61. The van der Waals surface area contributed by atoms with Gasteiger partial charge >= 0.3 is 6.09 Å². The van der Waals surface area contributed by atoms with E-state index < -0.39 is 5.60 Å². The molecule has 0 N–H and O–H groups in total. The number of anilines is 1. The van der Waals surface area contributed by atoms with Gasteiger partial charge in [0.15, 0.2) is 0 Å². The van der Waals surface area contributed by atoms with Crippen LogP contribution in [0.3, 0.4) is 0 Å². The van der Waals surface area contributed by atoms with Crippen molar-refractivity contribution in [2.24, 2.45) is 7.05 Å². The lowest BCUT2D eigenvalue weighted by Gasteiger charge is -2.45. The number of carbonyl (C=O) groups is 1. The van der Waals surface area contributed by atoms with Gasteiger partial charge in [0, 0.05) is 44.5 Å². The second kappa shape index (κ2) is 5.99. The first-order valence-electron chi connectivity index (χ1n) is 8.40. The average molecular weight is 340 g/mol. The minimum absolute atomic E-state index is 0.240. The van der Waals surface area contributed by atoms with E-state index in [1.165, 1.54) is 0 Å². The summed E-state index contributed by atoms with van der Waals surface area (Å²) in [6.45, 7) is 6.89. The molecule has 25 heavy (non-hydrogen) atoms. The van der Waals surface area contributed by atoms with Gasteiger partial charge in [-0.1, -0.05) is 0 Å². The van der Waals surface area contributed by atoms with E-state index >= 15 is 0 Å². The first-order valence-corrected chi connectivity index (χ1v) is 8.40. The van der Waals surface area contributed by atoms with Gasteiger partial charge < -0.3 is 19.1 Å². The van der Waals surface area contributed by atoms with Gasteiger partial charge in [-0.25, -0.2) is 4.79 Å². The smallest absolute Gasteiger partial charge is 0.410 e. The summed E-state index contributed by atoms with van der Waals surface area (Å²) in [5, 5.41) is 10.4. The number of hydrogen-bond donors (Lipinski definition) is 0. The molecule has 0 radical (unpaired) electrons. The van der Waals surface area contributed by atoms with E-state index in [1.807, 2.05) is 63.8 Å². The van der Waals surface area contributed by atoms with Gasteiger partial charge in [0.05, 0.1) is 17.1 Å². The summed E-state index contributed by atoms with van der Waals surface area (Å²) in [6.07, 6.45) is 1.71. The van der Waals surface area contributed by atoms with Crippen molar-refractivity contribution in [1.82, 2.24) is 9.47 Å². The molecule has 1 fully saturated rings. The van der Waals surface area contributed by atoms with Crippen LogP contribution in [0.5, 0.6) is 0 Å². The van der Waals surface area contributed by atoms with Crippen molar-refractivity contribution in [1.29, 1.82) is 5.26 Å². The number of nitrogens with zero attached hydrogens (tertiary/aromatic N) is 4. The molecular formula is C19H24N4O2. The maximum Gasteiger partial charge on any atom is 0.410 e. The van der Waals surface area contributed by atoms with Crippen molar-refractivity contribution in [3.8, 4) is 6.07 Å². The van der Waals surface area contributed by atoms with E-state index in [2.05, 4.69) is 11.0 Å². The zero-order valence-corrected chi connectivity index (χ0v) is 15.4. The molecule has 6 heteroatoms. The van der Waals surface area contributed by atoms with Gasteiger partial charge in [0.1, 0.15) is 11.7 Å². The Labute approximate surface area is 148 Å². The molecule has 3 rings (SSSR count). The lowest BCUT2D eigenvalue weighted by molar-refractivity contribution is 0.00854.